The number of halogens is 1. The molecule has 8 heteroatoms. The minimum absolute atomic E-state index is 0.0545. The minimum atomic E-state index is -1.03. The molecule has 0 atom stereocenters. The third kappa shape index (κ3) is 5.61. The largest absolute Gasteiger partial charge is 0.481 e. The van der Waals surface area contributed by atoms with Crippen LogP contribution < -0.4 is 10.6 Å². The third-order valence-electron chi connectivity index (χ3n) is 3.07. The summed E-state index contributed by atoms with van der Waals surface area (Å²) in [5.41, 5.74) is 0.298. The predicted molar refractivity (Wildman–Crippen MR) is 93.6 cm³/mol. The van der Waals surface area contributed by atoms with Gasteiger partial charge in [-0.2, -0.15) is 0 Å². The zero-order valence-electron chi connectivity index (χ0n) is 13.0. The summed E-state index contributed by atoms with van der Waals surface area (Å²) in [5, 5.41) is 13.6. The second-order valence-electron chi connectivity index (χ2n) is 4.91. The summed E-state index contributed by atoms with van der Waals surface area (Å²) in [6.45, 7) is -0.0609. The van der Waals surface area contributed by atoms with Crippen molar-refractivity contribution in [2.75, 3.05) is 6.54 Å². The summed E-state index contributed by atoms with van der Waals surface area (Å²) in [5.74, 6) is -1.76. The molecule has 1 aromatic heterocycles. The van der Waals surface area contributed by atoms with Crippen LogP contribution in [0.25, 0.3) is 6.08 Å². The summed E-state index contributed by atoms with van der Waals surface area (Å²) in [7, 11) is 0. The third-order valence-corrected chi connectivity index (χ3v) is 3.76. The first-order chi connectivity index (χ1) is 12.0. The molecule has 0 saturated heterocycles. The van der Waals surface area contributed by atoms with Gasteiger partial charge in [0.05, 0.1) is 18.2 Å². The number of carbonyl (C=O) groups is 3. The van der Waals surface area contributed by atoms with Crippen LogP contribution in [0, 0.1) is 0 Å². The first kappa shape index (κ1) is 18.5. The molecule has 0 fully saturated rings. The number of rotatable bonds is 7. The Bertz CT molecular complexity index is 799. The molecular formula is C17H15BrN2O5. The molecule has 2 amide bonds. The maximum Gasteiger partial charge on any atom is 0.305 e. The molecule has 0 bridgehead atoms. The van der Waals surface area contributed by atoms with Crippen molar-refractivity contribution in [1.82, 2.24) is 10.6 Å². The lowest BCUT2D eigenvalue weighted by atomic mass is 10.2. The topological polar surface area (TPSA) is 109 Å². The number of nitrogens with one attached hydrogen (secondary N) is 2. The lowest BCUT2D eigenvalue weighted by molar-refractivity contribution is -0.136. The van der Waals surface area contributed by atoms with Gasteiger partial charge < -0.3 is 20.2 Å². The number of benzene rings is 1. The number of carboxylic acids is 1. The van der Waals surface area contributed by atoms with Crippen molar-refractivity contribution >= 4 is 39.8 Å². The first-order valence-corrected chi connectivity index (χ1v) is 8.07. The van der Waals surface area contributed by atoms with Crippen LogP contribution >= 0.6 is 15.9 Å². The predicted octanol–water partition coefficient (Wildman–Crippen LogP) is 2.40. The molecule has 0 saturated carbocycles. The van der Waals surface area contributed by atoms with Crippen LogP contribution in [0.1, 0.15) is 22.5 Å². The SMILES string of the molecule is O=C(O)CCNC(=O)C(=Cc1ccco1)NC(=O)c1ccccc1Br. The summed E-state index contributed by atoms with van der Waals surface area (Å²) in [4.78, 5) is 35.2. The highest BCUT2D eigenvalue weighted by molar-refractivity contribution is 9.10. The van der Waals surface area contributed by atoms with Crippen molar-refractivity contribution < 1.29 is 23.9 Å². The van der Waals surface area contributed by atoms with Gasteiger partial charge >= 0.3 is 5.97 Å². The molecular weight excluding hydrogens is 392 g/mol. The number of hydrogen-bond acceptors (Lipinski definition) is 4. The maximum absolute atomic E-state index is 12.4. The van der Waals surface area contributed by atoms with E-state index in [9.17, 15) is 14.4 Å². The van der Waals surface area contributed by atoms with E-state index in [4.69, 9.17) is 9.52 Å². The molecule has 7 nitrogen and oxygen atoms in total. The van der Waals surface area contributed by atoms with Crippen molar-refractivity contribution in [3.63, 3.8) is 0 Å². The molecule has 0 radical (unpaired) electrons. The molecule has 130 valence electrons. The van der Waals surface area contributed by atoms with Crippen molar-refractivity contribution in [2.24, 2.45) is 0 Å². The van der Waals surface area contributed by atoms with Crippen LogP contribution in [0.15, 0.2) is 57.2 Å². The van der Waals surface area contributed by atoms with Crippen LogP contribution in [0.5, 0.6) is 0 Å². The highest BCUT2D eigenvalue weighted by Crippen LogP contribution is 2.16. The monoisotopic (exact) mass is 406 g/mol. The summed E-state index contributed by atoms with van der Waals surface area (Å²) >= 11 is 3.28. The fourth-order valence-corrected chi connectivity index (χ4v) is 2.35. The average Bonchev–Trinajstić information content (AvgIpc) is 3.07. The summed E-state index contributed by atoms with van der Waals surface area (Å²) in [6.07, 6.45) is 2.57. The van der Waals surface area contributed by atoms with Crippen LogP contribution in [-0.4, -0.2) is 29.4 Å². The lowest BCUT2D eigenvalue weighted by Gasteiger charge is -2.11. The molecule has 0 aliphatic rings. The number of furan rings is 1. The van der Waals surface area contributed by atoms with E-state index in [-0.39, 0.29) is 18.7 Å². The van der Waals surface area contributed by atoms with E-state index >= 15 is 0 Å². The van der Waals surface area contributed by atoms with E-state index in [1.54, 1.807) is 36.4 Å². The molecule has 1 heterocycles. The number of carbonyl (C=O) groups excluding carboxylic acids is 2. The van der Waals surface area contributed by atoms with Gasteiger partial charge in [-0.15, -0.1) is 0 Å². The van der Waals surface area contributed by atoms with Gasteiger partial charge in [-0.05, 0) is 40.2 Å². The van der Waals surface area contributed by atoms with Gasteiger partial charge in [0.25, 0.3) is 11.8 Å². The fraction of sp³-hybridized carbons (Fsp3) is 0.118. The maximum atomic E-state index is 12.4. The van der Waals surface area contributed by atoms with Gasteiger partial charge in [-0.3, -0.25) is 14.4 Å². The summed E-state index contributed by atoms with van der Waals surface area (Å²) in [6, 6.07) is 10.0. The van der Waals surface area contributed by atoms with Gasteiger partial charge in [0.2, 0.25) is 0 Å². The van der Waals surface area contributed by atoms with Crippen molar-refractivity contribution in [2.45, 2.75) is 6.42 Å². The van der Waals surface area contributed by atoms with Crippen LogP contribution in [0.4, 0.5) is 0 Å². The standard InChI is InChI=1S/C17H15BrN2O5/c18-13-6-2-1-5-12(13)16(23)20-14(10-11-4-3-9-25-11)17(24)19-8-7-15(21)22/h1-6,9-10H,7-8H2,(H,19,24)(H,20,23)(H,21,22). The van der Waals surface area contributed by atoms with E-state index in [2.05, 4.69) is 26.6 Å². The Morgan fingerprint density at radius 1 is 1.16 bits per heavy atom. The number of amides is 2. The van der Waals surface area contributed by atoms with Gasteiger partial charge in [0.15, 0.2) is 0 Å². The molecule has 2 aromatic rings. The Balaban J connectivity index is 2.17. The van der Waals surface area contributed by atoms with E-state index in [0.717, 1.165) is 0 Å². The van der Waals surface area contributed by atoms with E-state index in [1.165, 1.54) is 12.3 Å². The molecule has 0 spiro atoms. The lowest BCUT2D eigenvalue weighted by Crippen LogP contribution is -2.35. The Morgan fingerprint density at radius 3 is 2.56 bits per heavy atom. The normalized spacial score (nSPS) is 11.0. The molecule has 25 heavy (non-hydrogen) atoms. The van der Waals surface area contributed by atoms with Crippen molar-refractivity contribution in [1.29, 1.82) is 0 Å². The van der Waals surface area contributed by atoms with E-state index in [0.29, 0.717) is 15.8 Å². The zero-order valence-corrected chi connectivity index (χ0v) is 14.6. The zero-order chi connectivity index (χ0) is 18.2. The summed E-state index contributed by atoms with van der Waals surface area (Å²) < 4.78 is 5.74. The molecule has 1 aromatic carbocycles. The van der Waals surface area contributed by atoms with Gasteiger partial charge in [-0.25, -0.2) is 0 Å². The second kappa shape index (κ2) is 8.84. The van der Waals surface area contributed by atoms with Crippen LogP contribution in [0.3, 0.4) is 0 Å². The average molecular weight is 407 g/mol. The Labute approximate surface area is 151 Å². The molecule has 0 aliphatic heterocycles. The Morgan fingerprint density at radius 2 is 1.92 bits per heavy atom. The second-order valence-corrected chi connectivity index (χ2v) is 5.76. The van der Waals surface area contributed by atoms with Gasteiger partial charge in [-0.1, -0.05) is 12.1 Å². The van der Waals surface area contributed by atoms with Gasteiger partial charge in [0.1, 0.15) is 11.5 Å². The molecule has 3 N–H and O–H groups in total. The highest BCUT2D eigenvalue weighted by Gasteiger charge is 2.16. The van der Waals surface area contributed by atoms with Gasteiger partial charge in [0, 0.05) is 17.1 Å². The Hall–Kier alpha value is -2.87. The van der Waals surface area contributed by atoms with Crippen molar-refractivity contribution in [3.05, 3.63) is 64.2 Å². The molecule has 0 unspecified atom stereocenters. The number of aliphatic carboxylic acids is 1. The van der Waals surface area contributed by atoms with Crippen LogP contribution in [0.2, 0.25) is 0 Å². The quantitative estimate of drug-likeness (QED) is 0.611. The minimum Gasteiger partial charge on any atom is -0.481 e. The molecule has 0 aliphatic carbocycles. The smallest absolute Gasteiger partial charge is 0.305 e. The number of carboxylic acid groups (broad SMARTS) is 1. The first-order valence-electron chi connectivity index (χ1n) is 7.28. The van der Waals surface area contributed by atoms with Crippen molar-refractivity contribution in [3.8, 4) is 0 Å². The van der Waals surface area contributed by atoms with E-state index in [1.807, 2.05) is 0 Å². The number of hydrogen-bond donors (Lipinski definition) is 3. The Kier molecular flexibility index (Phi) is 6.53. The fourth-order valence-electron chi connectivity index (χ4n) is 1.89. The van der Waals surface area contributed by atoms with Crippen LogP contribution in [-0.2, 0) is 9.59 Å². The molecule has 2 rings (SSSR count). The van der Waals surface area contributed by atoms with E-state index < -0.39 is 17.8 Å². The highest BCUT2D eigenvalue weighted by atomic mass is 79.9.